The van der Waals surface area contributed by atoms with Crippen LogP contribution in [0, 0.1) is 11.8 Å². The van der Waals surface area contributed by atoms with Crippen molar-refractivity contribution in [3.05, 3.63) is 9.66 Å². The van der Waals surface area contributed by atoms with Gasteiger partial charge in [-0.2, -0.15) is 0 Å². The molecule has 0 saturated carbocycles. The van der Waals surface area contributed by atoms with Crippen LogP contribution in [-0.4, -0.2) is 26.1 Å². The molecule has 0 aromatic carbocycles. The van der Waals surface area contributed by atoms with Crippen LogP contribution in [0.5, 0.6) is 0 Å². The Morgan fingerprint density at radius 2 is 1.76 bits per heavy atom. The number of aliphatic hydroxyl groups is 1. The number of aliphatic hydroxyl groups excluding tert-OH is 1. The van der Waals surface area contributed by atoms with E-state index in [9.17, 15) is 5.11 Å². The molecule has 3 atom stereocenters. The zero-order valence-electron chi connectivity index (χ0n) is 15.2. The maximum Gasteiger partial charge on any atom is 0.192 e. The van der Waals surface area contributed by atoms with E-state index in [1.165, 1.54) is 3.58 Å². The molecule has 0 saturated heterocycles. The maximum atomic E-state index is 9.25. The van der Waals surface area contributed by atoms with Gasteiger partial charge in [-0.1, -0.05) is 40.7 Å². The third kappa shape index (κ3) is 8.14. The Morgan fingerprint density at radius 1 is 1.24 bits per heavy atom. The highest BCUT2D eigenvalue weighted by Gasteiger charge is 2.39. The third-order valence-electron chi connectivity index (χ3n) is 4.59. The lowest BCUT2D eigenvalue weighted by atomic mass is 9.96. The Kier molecular flexibility index (Phi) is 9.30. The molecule has 1 N–H and O–H groups in total. The monoisotopic (exact) mass is 426 g/mol. The minimum atomic E-state index is -1.76. The topological polar surface area (TPSA) is 29.5 Å². The summed E-state index contributed by atoms with van der Waals surface area (Å²) < 4.78 is 7.99. The molecule has 0 aliphatic heterocycles. The zero-order valence-corrected chi connectivity index (χ0v) is 18.3. The van der Waals surface area contributed by atoms with E-state index < -0.39 is 8.32 Å². The van der Waals surface area contributed by atoms with Crippen molar-refractivity contribution >= 4 is 30.9 Å². The van der Waals surface area contributed by atoms with Gasteiger partial charge in [0, 0.05) is 6.61 Å². The third-order valence-corrected chi connectivity index (χ3v) is 9.45. The minimum absolute atomic E-state index is 0.233. The first-order valence-corrected chi connectivity index (χ1v) is 12.0. The van der Waals surface area contributed by atoms with Crippen molar-refractivity contribution in [1.82, 2.24) is 0 Å². The molecule has 0 heterocycles. The SMILES string of the molecule is C/C(I)=C\[C@H](C)[C@@H](CC[C@@H](C)CO)O[Si](C)(C)C(C)(C)C. The van der Waals surface area contributed by atoms with Crippen LogP contribution in [0.15, 0.2) is 9.66 Å². The van der Waals surface area contributed by atoms with E-state index in [-0.39, 0.29) is 17.7 Å². The average Bonchev–Trinajstić information content (AvgIpc) is 2.31. The highest BCUT2D eigenvalue weighted by Crippen LogP contribution is 2.39. The van der Waals surface area contributed by atoms with E-state index in [1.54, 1.807) is 0 Å². The van der Waals surface area contributed by atoms with Crippen LogP contribution in [0.4, 0.5) is 0 Å². The van der Waals surface area contributed by atoms with Crippen molar-refractivity contribution in [2.24, 2.45) is 11.8 Å². The van der Waals surface area contributed by atoms with Crippen molar-refractivity contribution in [3.8, 4) is 0 Å². The van der Waals surface area contributed by atoms with E-state index in [1.807, 2.05) is 0 Å². The predicted octanol–water partition coefficient (Wildman–Crippen LogP) is 5.76. The minimum Gasteiger partial charge on any atom is -0.413 e. The van der Waals surface area contributed by atoms with E-state index in [0.717, 1.165) is 12.8 Å². The lowest BCUT2D eigenvalue weighted by molar-refractivity contribution is 0.121. The van der Waals surface area contributed by atoms with Gasteiger partial charge in [-0.05, 0) is 75.9 Å². The van der Waals surface area contributed by atoms with Crippen molar-refractivity contribution in [2.75, 3.05) is 6.61 Å². The van der Waals surface area contributed by atoms with Crippen molar-refractivity contribution in [2.45, 2.75) is 78.6 Å². The zero-order chi connectivity index (χ0) is 16.8. The predicted molar refractivity (Wildman–Crippen MR) is 104 cm³/mol. The van der Waals surface area contributed by atoms with Crippen LogP contribution in [0.3, 0.4) is 0 Å². The molecule has 0 aromatic heterocycles. The fourth-order valence-electron chi connectivity index (χ4n) is 1.99. The Hall–Kier alpha value is 0.607. The Bertz CT molecular complexity index is 330. The van der Waals surface area contributed by atoms with E-state index >= 15 is 0 Å². The molecule has 0 aliphatic carbocycles. The summed E-state index contributed by atoms with van der Waals surface area (Å²) in [5.74, 6) is 0.773. The van der Waals surface area contributed by atoms with Crippen LogP contribution in [0.2, 0.25) is 18.1 Å². The lowest BCUT2D eigenvalue weighted by Gasteiger charge is -2.41. The summed E-state index contributed by atoms with van der Waals surface area (Å²) in [6.07, 6.45) is 4.61. The lowest BCUT2D eigenvalue weighted by Crippen LogP contribution is -2.45. The molecule has 0 radical (unpaired) electrons. The van der Waals surface area contributed by atoms with Crippen LogP contribution < -0.4 is 0 Å². The fourth-order valence-corrected chi connectivity index (χ4v) is 4.00. The summed E-state index contributed by atoms with van der Waals surface area (Å²) in [4.78, 5) is 0. The second-order valence-electron chi connectivity index (χ2n) is 7.89. The molecule has 4 heteroatoms. The van der Waals surface area contributed by atoms with Crippen molar-refractivity contribution < 1.29 is 9.53 Å². The van der Waals surface area contributed by atoms with Gasteiger partial charge in [0.1, 0.15) is 0 Å². The number of hydrogen-bond acceptors (Lipinski definition) is 2. The van der Waals surface area contributed by atoms with Crippen molar-refractivity contribution in [1.29, 1.82) is 0 Å². The van der Waals surface area contributed by atoms with Gasteiger partial charge in [0.25, 0.3) is 0 Å². The summed E-state index contributed by atoms with van der Waals surface area (Å²) in [5.41, 5.74) is 0. The average molecular weight is 426 g/mol. The van der Waals surface area contributed by atoms with Crippen LogP contribution in [0.25, 0.3) is 0 Å². The van der Waals surface area contributed by atoms with Gasteiger partial charge in [-0.25, -0.2) is 0 Å². The van der Waals surface area contributed by atoms with Gasteiger partial charge in [0.15, 0.2) is 8.32 Å². The number of halogens is 1. The van der Waals surface area contributed by atoms with Gasteiger partial charge in [0.05, 0.1) is 6.10 Å². The molecule has 2 nitrogen and oxygen atoms in total. The van der Waals surface area contributed by atoms with Gasteiger partial charge < -0.3 is 9.53 Å². The highest BCUT2D eigenvalue weighted by molar-refractivity contribution is 14.1. The summed E-state index contributed by atoms with van der Waals surface area (Å²) in [5, 5.41) is 9.48. The molecule has 0 aromatic rings. The molecule has 21 heavy (non-hydrogen) atoms. The van der Waals surface area contributed by atoms with Crippen LogP contribution in [-0.2, 0) is 4.43 Å². The summed E-state index contributed by atoms with van der Waals surface area (Å²) in [6.45, 7) is 18.3. The summed E-state index contributed by atoms with van der Waals surface area (Å²) in [6, 6.07) is 0. The maximum absolute atomic E-state index is 9.25. The van der Waals surface area contributed by atoms with Crippen LogP contribution >= 0.6 is 22.6 Å². The Balaban J connectivity index is 5.00. The number of rotatable bonds is 8. The second-order valence-corrected chi connectivity index (χ2v) is 14.4. The molecule has 0 bridgehead atoms. The number of allylic oxidation sites excluding steroid dienone is 1. The molecular formula is C17H35IO2Si. The quantitative estimate of drug-likeness (QED) is 0.395. The van der Waals surface area contributed by atoms with E-state index in [0.29, 0.717) is 11.8 Å². The molecule has 0 unspecified atom stereocenters. The summed E-state index contributed by atoms with van der Waals surface area (Å²) in [7, 11) is -1.76. The first-order valence-electron chi connectivity index (χ1n) is 8.03. The fraction of sp³-hybridized carbons (Fsp3) is 0.882. The molecule has 0 amide bonds. The normalized spacial score (nSPS) is 18.5. The first-order chi connectivity index (χ1) is 9.40. The van der Waals surface area contributed by atoms with Crippen LogP contribution in [0.1, 0.15) is 54.4 Å². The van der Waals surface area contributed by atoms with Gasteiger partial charge in [-0.3, -0.25) is 0 Å². The largest absolute Gasteiger partial charge is 0.413 e. The Labute approximate surface area is 147 Å². The molecule has 0 fully saturated rings. The second kappa shape index (κ2) is 9.04. The first kappa shape index (κ1) is 21.6. The van der Waals surface area contributed by atoms with E-state index in [2.05, 4.69) is 83.3 Å². The molecule has 126 valence electrons. The standard InChI is InChI=1S/C17H35IO2Si/c1-13(12-19)9-10-16(14(2)11-15(3)18)20-21(7,8)17(4,5)6/h11,13-14,16,19H,9-10,12H2,1-8H3/b15-11+/t13-,14+,16-/m1/s1. The highest BCUT2D eigenvalue weighted by atomic mass is 127. The van der Waals surface area contributed by atoms with Gasteiger partial charge >= 0.3 is 0 Å². The van der Waals surface area contributed by atoms with Gasteiger partial charge in [-0.15, -0.1) is 0 Å². The molecule has 0 spiro atoms. The molecular weight excluding hydrogens is 391 g/mol. The van der Waals surface area contributed by atoms with E-state index in [4.69, 9.17) is 4.43 Å². The Morgan fingerprint density at radius 3 is 2.14 bits per heavy atom. The molecule has 0 aliphatic rings. The molecule has 0 rings (SSSR count). The van der Waals surface area contributed by atoms with Gasteiger partial charge in [0.2, 0.25) is 0 Å². The summed E-state index contributed by atoms with van der Waals surface area (Å²) >= 11 is 2.37. The number of hydrogen-bond donors (Lipinski definition) is 1. The smallest absolute Gasteiger partial charge is 0.192 e. The van der Waals surface area contributed by atoms with Crippen molar-refractivity contribution in [3.63, 3.8) is 0 Å².